The number of carboxylic acid groups (broad SMARTS) is 1. The lowest BCUT2D eigenvalue weighted by Gasteiger charge is -2.26. The Bertz CT molecular complexity index is 617. The molecule has 1 saturated heterocycles. The molecule has 1 fully saturated rings. The van der Waals surface area contributed by atoms with E-state index in [0.717, 1.165) is 50.6 Å². The van der Waals surface area contributed by atoms with E-state index in [1.54, 1.807) is 22.7 Å². The van der Waals surface area contributed by atoms with Crippen LogP contribution in [0.2, 0.25) is 0 Å². The second kappa shape index (κ2) is 5.60. The highest BCUT2D eigenvalue weighted by Gasteiger charge is 2.11. The number of imidazole rings is 1. The Kier molecular flexibility index (Phi) is 3.66. The number of ether oxygens (including phenoxy) is 1. The zero-order valence-corrected chi connectivity index (χ0v) is 11.2. The average Bonchev–Trinajstić information content (AvgIpc) is 2.88. The second-order valence-electron chi connectivity index (χ2n) is 4.92. The van der Waals surface area contributed by atoms with E-state index in [0.29, 0.717) is 0 Å². The molecular weight excluding hydrogens is 258 g/mol. The number of pyridine rings is 1. The van der Waals surface area contributed by atoms with Crippen molar-refractivity contribution < 1.29 is 14.6 Å². The van der Waals surface area contributed by atoms with Crippen LogP contribution in [-0.4, -0.2) is 58.2 Å². The van der Waals surface area contributed by atoms with Gasteiger partial charge in [-0.05, 0) is 12.1 Å². The Balaban J connectivity index is 1.70. The van der Waals surface area contributed by atoms with E-state index in [1.807, 2.05) is 6.20 Å². The maximum atomic E-state index is 10.9. The monoisotopic (exact) mass is 275 g/mol. The number of aromatic carboxylic acids is 1. The summed E-state index contributed by atoms with van der Waals surface area (Å²) in [4.78, 5) is 17.8. The van der Waals surface area contributed by atoms with Crippen molar-refractivity contribution in [3.63, 3.8) is 0 Å². The highest BCUT2D eigenvalue weighted by atomic mass is 16.5. The lowest BCUT2D eigenvalue weighted by atomic mass is 10.3. The van der Waals surface area contributed by atoms with Crippen molar-refractivity contribution in [2.45, 2.75) is 6.42 Å². The first-order valence-electron chi connectivity index (χ1n) is 6.73. The number of rotatable bonds is 4. The molecule has 0 unspecified atom stereocenters. The summed E-state index contributed by atoms with van der Waals surface area (Å²) in [5.41, 5.74) is 2.04. The van der Waals surface area contributed by atoms with Crippen LogP contribution in [0.3, 0.4) is 0 Å². The minimum atomic E-state index is -0.921. The molecule has 1 aliphatic heterocycles. The van der Waals surface area contributed by atoms with Crippen LogP contribution < -0.4 is 0 Å². The van der Waals surface area contributed by atoms with Crippen LogP contribution in [0.4, 0.5) is 0 Å². The molecule has 0 atom stereocenters. The van der Waals surface area contributed by atoms with Gasteiger partial charge in [0.25, 0.3) is 0 Å². The SMILES string of the molecule is O=C(O)c1ccc2nc(CCN3CCOCC3)cn2c1. The van der Waals surface area contributed by atoms with Crippen LogP contribution in [0, 0.1) is 0 Å². The molecule has 0 radical (unpaired) electrons. The summed E-state index contributed by atoms with van der Waals surface area (Å²) in [6.07, 6.45) is 4.37. The van der Waals surface area contributed by atoms with E-state index < -0.39 is 5.97 Å². The standard InChI is InChI=1S/C14H17N3O3/c18-14(19)11-1-2-13-15-12(10-17(13)9-11)3-4-16-5-7-20-8-6-16/h1-2,9-10H,3-8H2,(H,18,19). The number of morpholine rings is 1. The lowest BCUT2D eigenvalue weighted by Crippen LogP contribution is -2.37. The van der Waals surface area contributed by atoms with Gasteiger partial charge in [-0.15, -0.1) is 0 Å². The largest absolute Gasteiger partial charge is 0.478 e. The van der Waals surface area contributed by atoms with Gasteiger partial charge in [0.05, 0.1) is 24.5 Å². The van der Waals surface area contributed by atoms with Gasteiger partial charge >= 0.3 is 5.97 Å². The van der Waals surface area contributed by atoms with E-state index in [2.05, 4.69) is 9.88 Å². The van der Waals surface area contributed by atoms with Gasteiger partial charge in [-0.1, -0.05) is 0 Å². The zero-order chi connectivity index (χ0) is 13.9. The molecule has 0 amide bonds. The van der Waals surface area contributed by atoms with Crippen LogP contribution in [0.1, 0.15) is 16.1 Å². The van der Waals surface area contributed by atoms with Crippen LogP contribution in [0.25, 0.3) is 5.65 Å². The van der Waals surface area contributed by atoms with Gasteiger partial charge in [0, 0.05) is 38.4 Å². The molecule has 6 heteroatoms. The molecule has 3 heterocycles. The van der Waals surface area contributed by atoms with Crippen molar-refractivity contribution in [2.24, 2.45) is 0 Å². The Morgan fingerprint density at radius 1 is 1.30 bits per heavy atom. The summed E-state index contributed by atoms with van der Waals surface area (Å²) >= 11 is 0. The molecule has 2 aromatic rings. The maximum Gasteiger partial charge on any atom is 0.337 e. The lowest BCUT2D eigenvalue weighted by molar-refractivity contribution is 0.0383. The molecule has 6 nitrogen and oxygen atoms in total. The molecular formula is C14H17N3O3. The minimum absolute atomic E-state index is 0.273. The topological polar surface area (TPSA) is 67.1 Å². The van der Waals surface area contributed by atoms with E-state index in [1.165, 1.54) is 0 Å². The molecule has 0 saturated carbocycles. The Morgan fingerprint density at radius 2 is 2.10 bits per heavy atom. The van der Waals surface area contributed by atoms with Crippen molar-refractivity contribution in [3.8, 4) is 0 Å². The smallest absolute Gasteiger partial charge is 0.337 e. The minimum Gasteiger partial charge on any atom is -0.478 e. The molecule has 0 spiro atoms. The predicted molar refractivity (Wildman–Crippen MR) is 73.1 cm³/mol. The number of nitrogens with zero attached hydrogens (tertiary/aromatic N) is 3. The van der Waals surface area contributed by atoms with E-state index >= 15 is 0 Å². The van der Waals surface area contributed by atoms with Crippen molar-refractivity contribution in [1.29, 1.82) is 0 Å². The van der Waals surface area contributed by atoms with Crippen LogP contribution in [0.5, 0.6) is 0 Å². The number of fused-ring (bicyclic) bond motifs is 1. The van der Waals surface area contributed by atoms with E-state index in [-0.39, 0.29) is 5.56 Å². The van der Waals surface area contributed by atoms with Gasteiger partial charge in [0.15, 0.2) is 0 Å². The number of carbonyl (C=O) groups is 1. The number of hydrogen-bond donors (Lipinski definition) is 1. The van der Waals surface area contributed by atoms with Crippen molar-refractivity contribution in [1.82, 2.24) is 14.3 Å². The van der Waals surface area contributed by atoms with Crippen LogP contribution in [-0.2, 0) is 11.2 Å². The number of hydrogen-bond acceptors (Lipinski definition) is 4. The second-order valence-corrected chi connectivity index (χ2v) is 4.92. The summed E-state index contributed by atoms with van der Waals surface area (Å²) in [6, 6.07) is 3.32. The van der Waals surface area contributed by atoms with Gasteiger partial charge < -0.3 is 14.2 Å². The maximum absolute atomic E-state index is 10.9. The third kappa shape index (κ3) is 2.81. The summed E-state index contributed by atoms with van der Waals surface area (Å²) in [7, 11) is 0. The highest BCUT2D eigenvalue weighted by molar-refractivity contribution is 5.87. The molecule has 1 N–H and O–H groups in total. The van der Waals surface area contributed by atoms with E-state index in [9.17, 15) is 4.79 Å². The summed E-state index contributed by atoms with van der Waals surface area (Å²) in [6.45, 7) is 4.49. The molecule has 2 aromatic heterocycles. The van der Waals surface area contributed by atoms with Gasteiger partial charge in [0.2, 0.25) is 0 Å². The fraction of sp³-hybridized carbons (Fsp3) is 0.429. The Hall–Kier alpha value is -1.92. The van der Waals surface area contributed by atoms with Gasteiger partial charge in [-0.25, -0.2) is 9.78 Å². The zero-order valence-electron chi connectivity index (χ0n) is 11.2. The molecule has 106 valence electrons. The number of carboxylic acids is 1. The molecule has 3 rings (SSSR count). The summed E-state index contributed by atoms with van der Waals surface area (Å²) in [5.74, 6) is -0.921. The third-order valence-corrected chi connectivity index (χ3v) is 3.54. The quantitative estimate of drug-likeness (QED) is 0.898. The Morgan fingerprint density at radius 3 is 2.85 bits per heavy atom. The normalized spacial score (nSPS) is 16.6. The fourth-order valence-electron chi connectivity index (χ4n) is 2.39. The molecule has 1 aliphatic rings. The van der Waals surface area contributed by atoms with E-state index in [4.69, 9.17) is 9.84 Å². The summed E-state index contributed by atoms with van der Waals surface area (Å²) < 4.78 is 7.09. The van der Waals surface area contributed by atoms with Crippen molar-refractivity contribution in [2.75, 3.05) is 32.8 Å². The highest BCUT2D eigenvalue weighted by Crippen LogP contribution is 2.09. The van der Waals surface area contributed by atoms with Gasteiger partial charge in [-0.3, -0.25) is 4.90 Å². The molecule has 0 aromatic carbocycles. The van der Waals surface area contributed by atoms with Crippen molar-refractivity contribution in [3.05, 3.63) is 35.8 Å². The fourth-order valence-corrected chi connectivity index (χ4v) is 2.39. The first kappa shape index (κ1) is 13.1. The molecule has 0 bridgehead atoms. The van der Waals surface area contributed by atoms with Gasteiger partial charge in [0.1, 0.15) is 5.65 Å². The molecule has 20 heavy (non-hydrogen) atoms. The summed E-state index contributed by atoms with van der Waals surface area (Å²) in [5, 5.41) is 8.97. The first-order chi connectivity index (χ1) is 9.72. The van der Waals surface area contributed by atoms with Crippen LogP contribution >= 0.6 is 0 Å². The average molecular weight is 275 g/mol. The first-order valence-corrected chi connectivity index (χ1v) is 6.73. The number of aromatic nitrogens is 2. The predicted octanol–water partition coefficient (Wildman–Crippen LogP) is 0.907. The Labute approximate surface area is 116 Å². The van der Waals surface area contributed by atoms with Crippen molar-refractivity contribution >= 4 is 11.6 Å². The van der Waals surface area contributed by atoms with Crippen LogP contribution in [0.15, 0.2) is 24.5 Å². The van der Waals surface area contributed by atoms with Gasteiger partial charge in [-0.2, -0.15) is 0 Å². The third-order valence-electron chi connectivity index (χ3n) is 3.54. The molecule has 0 aliphatic carbocycles.